The lowest BCUT2D eigenvalue weighted by molar-refractivity contribution is -0.131. The van der Waals surface area contributed by atoms with Crippen LogP contribution in [0.1, 0.15) is 54.4 Å². The summed E-state index contributed by atoms with van der Waals surface area (Å²) in [6.45, 7) is 11.8. The van der Waals surface area contributed by atoms with E-state index in [9.17, 15) is 9.59 Å². The van der Waals surface area contributed by atoms with Gasteiger partial charge in [-0.15, -0.1) is 0 Å². The highest BCUT2D eigenvalue weighted by atomic mass is 16.2. The van der Waals surface area contributed by atoms with Gasteiger partial charge < -0.3 is 5.32 Å². The number of hydrogen-bond acceptors (Lipinski definition) is 2. The van der Waals surface area contributed by atoms with Gasteiger partial charge >= 0.3 is 0 Å². The molecule has 0 rings (SSSR count). The molecule has 0 bridgehead atoms. The van der Waals surface area contributed by atoms with Crippen molar-refractivity contribution < 1.29 is 9.59 Å². The number of carbonyl (C=O) groups is 2. The first-order chi connectivity index (χ1) is 7.84. The molecule has 17 heavy (non-hydrogen) atoms. The maximum Gasteiger partial charge on any atom is 0.223 e. The van der Waals surface area contributed by atoms with Gasteiger partial charge in [0.25, 0.3) is 0 Å². The van der Waals surface area contributed by atoms with Crippen LogP contribution in [0.4, 0.5) is 0 Å². The third kappa shape index (κ3) is 4.88. The standard InChI is InChI=1S/C14H27NO2/c1-7-10(5)11(6)14(17)15-13(9(3)4)12(16)8-2/h9-11,13H,7-8H2,1-6H3,(H,15,17)/t10-,11?,13?/m0/s1. The van der Waals surface area contributed by atoms with Crippen LogP contribution in [0, 0.1) is 17.8 Å². The van der Waals surface area contributed by atoms with Gasteiger partial charge in [0.1, 0.15) is 0 Å². The summed E-state index contributed by atoms with van der Waals surface area (Å²) in [5.74, 6) is 0.575. The summed E-state index contributed by atoms with van der Waals surface area (Å²) in [4.78, 5) is 23.8. The predicted octanol–water partition coefficient (Wildman–Crippen LogP) is 2.79. The summed E-state index contributed by atoms with van der Waals surface area (Å²) < 4.78 is 0. The molecule has 0 aliphatic rings. The van der Waals surface area contributed by atoms with Crippen LogP contribution in [0.5, 0.6) is 0 Å². The first-order valence-corrected chi connectivity index (χ1v) is 6.68. The summed E-state index contributed by atoms with van der Waals surface area (Å²) in [7, 11) is 0. The number of amides is 1. The number of Topliss-reactive ketones (excluding diaryl/α,β-unsaturated/α-hetero) is 1. The van der Waals surface area contributed by atoms with E-state index in [0.717, 1.165) is 6.42 Å². The Morgan fingerprint density at radius 2 is 1.59 bits per heavy atom. The minimum absolute atomic E-state index is 0.000139. The minimum atomic E-state index is -0.334. The first kappa shape index (κ1) is 16.1. The maximum absolute atomic E-state index is 12.0. The molecule has 0 aliphatic carbocycles. The molecule has 0 radical (unpaired) electrons. The van der Waals surface area contributed by atoms with Crippen molar-refractivity contribution in [1.29, 1.82) is 0 Å². The summed E-state index contributed by atoms with van der Waals surface area (Å²) in [5, 5.41) is 2.89. The molecule has 3 heteroatoms. The third-order valence-electron chi connectivity index (χ3n) is 3.57. The number of hydrogen-bond donors (Lipinski definition) is 1. The molecule has 0 aromatic heterocycles. The van der Waals surface area contributed by atoms with Crippen LogP contribution in [0.3, 0.4) is 0 Å². The summed E-state index contributed by atoms with van der Waals surface area (Å²) >= 11 is 0. The van der Waals surface area contributed by atoms with E-state index in [-0.39, 0.29) is 29.6 Å². The van der Waals surface area contributed by atoms with Crippen LogP contribution < -0.4 is 5.32 Å². The van der Waals surface area contributed by atoms with E-state index >= 15 is 0 Å². The van der Waals surface area contributed by atoms with E-state index in [0.29, 0.717) is 12.3 Å². The van der Waals surface area contributed by atoms with Gasteiger partial charge in [-0.05, 0) is 11.8 Å². The molecule has 0 heterocycles. The highest BCUT2D eigenvalue weighted by molar-refractivity contribution is 5.89. The van der Waals surface area contributed by atoms with Crippen LogP contribution in [-0.2, 0) is 9.59 Å². The van der Waals surface area contributed by atoms with Crippen molar-refractivity contribution >= 4 is 11.7 Å². The molecule has 0 saturated carbocycles. The average Bonchev–Trinajstić information content (AvgIpc) is 2.32. The average molecular weight is 241 g/mol. The Kier molecular flexibility index (Phi) is 7.09. The van der Waals surface area contributed by atoms with Gasteiger partial charge in [-0.3, -0.25) is 9.59 Å². The third-order valence-corrected chi connectivity index (χ3v) is 3.57. The fraction of sp³-hybridized carbons (Fsp3) is 0.857. The van der Waals surface area contributed by atoms with E-state index in [1.165, 1.54) is 0 Å². The van der Waals surface area contributed by atoms with Crippen LogP contribution in [-0.4, -0.2) is 17.7 Å². The Bertz CT molecular complexity index is 261. The monoisotopic (exact) mass is 241 g/mol. The minimum Gasteiger partial charge on any atom is -0.346 e. The molecule has 3 nitrogen and oxygen atoms in total. The van der Waals surface area contributed by atoms with Crippen LogP contribution in [0.2, 0.25) is 0 Å². The van der Waals surface area contributed by atoms with E-state index < -0.39 is 0 Å². The fourth-order valence-electron chi connectivity index (χ4n) is 1.74. The van der Waals surface area contributed by atoms with Crippen molar-refractivity contribution in [2.75, 3.05) is 0 Å². The zero-order chi connectivity index (χ0) is 13.6. The highest BCUT2D eigenvalue weighted by Crippen LogP contribution is 2.15. The van der Waals surface area contributed by atoms with Crippen molar-refractivity contribution in [2.45, 2.75) is 60.4 Å². The van der Waals surface area contributed by atoms with Crippen LogP contribution in [0.15, 0.2) is 0 Å². The fourth-order valence-corrected chi connectivity index (χ4v) is 1.74. The Morgan fingerprint density at radius 1 is 1.06 bits per heavy atom. The second kappa shape index (κ2) is 7.46. The number of ketones is 1. The SMILES string of the molecule is CCC(=O)C(NC(=O)C(C)[C@@H](C)CC)C(C)C. The van der Waals surface area contributed by atoms with E-state index in [2.05, 4.69) is 19.2 Å². The molecule has 2 unspecified atom stereocenters. The predicted molar refractivity (Wildman–Crippen MR) is 70.7 cm³/mol. The lowest BCUT2D eigenvalue weighted by Gasteiger charge is -2.24. The van der Waals surface area contributed by atoms with Gasteiger partial charge in [-0.25, -0.2) is 0 Å². The Balaban J connectivity index is 4.56. The van der Waals surface area contributed by atoms with Crippen molar-refractivity contribution in [2.24, 2.45) is 17.8 Å². The van der Waals surface area contributed by atoms with Gasteiger partial charge in [0.05, 0.1) is 6.04 Å². The van der Waals surface area contributed by atoms with Crippen molar-refractivity contribution in [1.82, 2.24) is 5.32 Å². The van der Waals surface area contributed by atoms with E-state index in [1.54, 1.807) is 0 Å². The lowest BCUT2D eigenvalue weighted by Crippen LogP contribution is -2.47. The second-order valence-electron chi connectivity index (χ2n) is 5.22. The second-order valence-corrected chi connectivity index (χ2v) is 5.22. The topological polar surface area (TPSA) is 46.2 Å². The van der Waals surface area contributed by atoms with Crippen molar-refractivity contribution in [3.63, 3.8) is 0 Å². The zero-order valence-corrected chi connectivity index (χ0v) is 12.0. The molecular weight excluding hydrogens is 214 g/mol. The quantitative estimate of drug-likeness (QED) is 0.745. The first-order valence-electron chi connectivity index (χ1n) is 6.68. The molecule has 100 valence electrons. The summed E-state index contributed by atoms with van der Waals surface area (Å²) in [6, 6.07) is -0.334. The maximum atomic E-state index is 12.0. The molecule has 0 aliphatic heterocycles. The van der Waals surface area contributed by atoms with Crippen molar-refractivity contribution in [3.05, 3.63) is 0 Å². The summed E-state index contributed by atoms with van der Waals surface area (Å²) in [6.07, 6.45) is 1.45. The molecule has 0 saturated heterocycles. The Morgan fingerprint density at radius 3 is 1.94 bits per heavy atom. The van der Waals surface area contributed by atoms with Crippen LogP contribution in [0.25, 0.3) is 0 Å². The smallest absolute Gasteiger partial charge is 0.223 e. The molecule has 3 atom stereocenters. The molecular formula is C14H27NO2. The Hall–Kier alpha value is -0.860. The van der Waals surface area contributed by atoms with Gasteiger partial charge in [0.15, 0.2) is 5.78 Å². The van der Waals surface area contributed by atoms with Gasteiger partial charge in [-0.2, -0.15) is 0 Å². The number of rotatable bonds is 7. The number of nitrogens with one attached hydrogen (secondary N) is 1. The van der Waals surface area contributed by atoms with E-state index in [1.807, 2.05) is 27.7 Å². The highest BCUT2D eigenvalue weighted by Gasteiger charge is 2.26. The molecule has 1 amide bonds. The normalized spacial score (nSPS) is 16.4. The summed E-state index contributed by atoms with van der Waals surface area (Å²) in [5.41, 5.74) is 0. The molecule has 0 fully saturated rings. The van der Waals surface area contributed by atoms with Crippen LogP contribution >= 0.6 is 0 Å². The van der Waals surface area contributed by atoms with Gasteiger partial charge in [0, 0.05) is 12.3 Å². The van der Waals surface area contributed by atoms with Gasteiger partial charge in [-0.1, -0.05) is 48.0 Å². The van der Waals surface area contributed by atoms with E-state index in [4.69, 9.17) is 0 Å². The molecule has 1 N–H and O–H groups in total. The zero-order valence-electron chi connectivity index (χ0n) is 12.0. The Labute approximate surface area is 105 Å². The molecule has 0 spiro atoms. The molecule has 0 aromatic rings. The van der Waals surface area contributed by atoms with Crippen molar-refractivity contribution in [3.8, 4) is 0 Å². The number of carbonyl (C=O) groups excluding carboxylic acids is 2. The largest absolute Gasteiger partial charge is 0.346 e. The lowest BCUT2D eigenvalue weighted by atomic mass is 9.91. The van der Waals surface area contributed by atoms with Gasteiger partial charge in [0.2, 0.25) is 5.91 Å². The molecule has 0 aromatic carbocycles.